The lowest BCUT2D eigenvalue weighted by Crippen LogP contribution is -2.28. The summed E-state index contributed by atoms with van der Waals surface area (Å²) < 4.78 is 5.46. The van der Waals surface area contributed by atoms with E-state index in [1.807, 2.05) is 12.1 Å². The fraction of sp³-hybridized carbons (Fsp3) is 0.263. The molecule has 0 radical (unpaired) electrons. The number of halogens is 1. The number of nitrogens with zero attached hydrogens (tertiary/aromatic N) is 2. The van der Waals surface area contributed by atoms with Crippen molar-refractivity contribution in [2.45, 2.75) is 19.3 Å². The largest absolute Gasteiger partial charge is 0.494 e. The molecule has 0 aliphatic rings. The van der Waals surface area contributed by atoms with Crippen molar-refractivity contribution in [2.24, 2.45) is 0 Å². The summed E-state index contributed by atoms with van der Waals surface area (Å²) >= 11 is 6.25. The molecule has 0 aliphatic carbocycles. The number of methoxy groups -OCH3 is 1. The van der Waals surface area contributed by atoms with Crippen molar-refractivity contribution in [3.05, 3.63) is 59.4 Å². The molecule has 0 amide bonds. The highest BCUT2D eigenvalue weighted by Crippen LogP contribution is 2.36. The van der Waals surface area contributed by atoms with Crippen LogP contribution in [-0.4, -0.2) is 23.6 Å². The predicted molar refractivity (Wildman–Crippen MR) is 99.1 cm³/mol. The van der Waals surface area contributed by atoms with E-state index in [1.54, 1.807) is 19.5 Å². The smallest absolute Gasteiger partial charge is 0.150 e. The van der Waals surface area contributed by atoms with E-state index in [2.05, 4.69) is 53.4 Å². The summed E-state index contributed by atoms with van der Waals surface area (Å²) in [4.78, 5) is 8.70. The summed E-state index contributed by atoms with van der Waals surface area (Å²) in [5.74, 6) is 1.32. The first kappa shape index (κ1) is 16.5. The second-order valence-electron chi connectivity index (χ2n) is 6.30. The van der Waals surface area contributed by atoms with Gasteiger partial charge in [0.25, 0.3) is 0 Å². The molecule has 0 unspecified atom stereocenters. The Morgan fingerprint density at radius 2 is 1.83 bits per heavy atom. The third kappa shape index (κ3) is 3.15. The Labute approximate surface area is 146 Å². The van der Waals surface area contributed by atoms with Gasteiger partial charge in [-0.05, 0) is 17.7 Å². The van der Waals surface area contributed by atoms with Crippen LogP contribution >= 0.6 is 11.6 Å². The Bertz CT molecular complexity index is 850. The van der Waals surface area contributed by atoms with Gasteiger partial charge >= 0.3 is 0 Å². The predicted octanol–water partition coefficient (Wildman–Crippen LogP) is 4.68. The number of ether oxygens (including phenoxy) is 1. The molecular weight excluding hydrogens is 322 g/mol. The van der Waals surface area contributed by atoms with Crippen LogP contribution in [0.25, 0.3) is 10.9 Å². The maximum absolute atomic E-state index is 6.25. The average molecular weight is 342 g/mol. The van der Waals surface area contributed by atoms with E-state index in [4.69, 9.17) is 16.3 Å². The minimum absolute atomic E-state index is 0.0512. The van der Waals surface area contributed by atoms with Crippen molar-refractivity contribution in [3.63, 3.8) is 0 Å². The Morgan fingerprint density at radius 1 is 1.08 bits per heavy atom. The SMILES string of the molecule is COc1c(Cl)ccc2ncnc(NCC(C)(C)c3ccccc3)c12. The number of aromatic nitrogens is 2. The molecule has 0 fully saturated rings. The Morgan fingerprint density at radius 3 is 2.54 bits per heavy atom. The second-order valence-corrected chi connectivity index (χ2v) is 6.71. The molecule has 0 spiro atoms. The number of fused-ring (bicyclic) bond motifs is 1. The van der Waals surface area contributed by atoms with Crippen molar-refractivity contribution >= 4 is 28.3 Å². The van der Waals surface area contributed by atoms with Gasteiger partial charge in [-0.1, -0.05) is 55.8 Å². The summed E-state index contributed by atoms with van der Waals surface area (Å²) in [6.45, 7) is 5.12. The summed E-state index contributed by atoms with van der Waals surface area (Å²) in [5.41, 5.74) is 2.01. The van der Waals surface area contributed by atoms with Crippen molar-refractivity contribution in [1.29, 1.82) is 0 Å². The van der Waals surface area contributed by atoms with Gasteiger partial charge in [0.1, 0.15) is 12.1 Å². The zero-order chi connectivity index (χ0) is 17.2. The van der Waals surface area contributed by atoms with E-state index >= 15 is 0 Å². The van der Waals surface area contributed by atoms with Crippen LogP contribution in [0.3, 0.4) is 0 Å². The molecule has 4 nitrogen and oxygen atoms in total. The summed E-state index contributed by atoms with van der Waals surface area (Å²) in [6.07, 6.45) is 1.55. The first-order chi connectivity index (χ1) is 11.5. The fourth-order valence-electron chi connectivity index (χ4n) is 2.73. The van der Waals surface area contributed by atoms with E-state index in [0.29, 0.717) is 10.8 Å². The van der Waals surface area contributed by atoms with Crippen molar-refractivity contribution < 1.29 is 4.74 Å². The Hall–Kier alpha value is -2.33. The fourth-order valence-corrected chi connectivity index (χ4v) is 2.96. The number of anilines is 1. The highest BCUT2D eigenvalue weighted by Gasteiger charge is 2.21. The molecule has 0 aliphatic heterocycles. The van der Waals surface area contributed by atoms with Gasteiger partial charge in [0.2, 0.25) is 0 Å². The molecule has 124 valence electrons. The molecule has 0 saturated heterocycles. The van der Waals surface area contributed by atoms with Gasteiger partial charge in [-0.15, -0.1) is 0 Å². The van der Waals surface area contributed by atoms with E-state index < -0.39 is 0 Å². The molecule has 24 heavy (non-hydrogen) atoms. The Balaban J connectivity index is 1.95. The molecule has 3 rings (SSSR count). The van der Waals surface area contributed by atoms with Gasteiger partial charge in [0.15, 0.2) is 5.75 Å². The third-order valence-corrected chi connectivity index (χ3v) is 4.46. The van der Waals surface area contributed by atoms with Crippen LogP contribution in [-0.2, 0) is 5.41 Å². The lowest BCUT2D eigenvalue weighted by atomic mass is 9.84. The molecule has 0 saturated carbocycles. The van der Waals surface area contributed by atoms with Gasteiger partial charge in [-0.2, -0.15) is 0 Å². The van der Waals surface area contributed by atoms with Crippen LogP contribution in [0.2, 0.25) is 5.02 Å². The Kier molecular flexibility index (Phi) is 4.58. The lowest BCUT2D eigenvalue weighted by molar-refractivity contribution is 0.420. The molecule has 3 aromatic rings. The summed E-state index contributed by atoms with van der Waals surface area (Å²) in [7, 11) is 1.60. The van der Waals surface area contributed by atoms with Gasteiger partial charge in [-0.25, -0.2) is 9.97 Å². The molecule has 1 heterocycles. The van der Waals surface area contributed by atoms with Crippen LogP contribution < -0.4 is 10.1 Å². The maximum Gasteiger partial charge on any atom is 0.150 e. The standard InChI is InChI=1S/C19H20ClN3O/c1-19(2,13-7-5-4-6-8-13)11-21-18-16-15(22-12-23-18)10-9-14(20)17(16)24-3/h4-10,12H,11H2,1-3H3,(H,21,22,23). The minimum Gasteiger partial charge on any atom is -0.494 e. The van der Waals surface area contributed by atoms with E-state index in [1.165, 1.54) is 5.56 Å². The molecule has 2 aromatic carbocycles. The van der Waals surface area contributed by atoms with Crippen molar-refractivity contribution in [3.8, 4) is 5.75 Å². The third-order valence-electron chi connectivity index (χ3n) is 4.17. The molecular formula is C19H20ClN3O. The topological polar surface area (TPSA) is 47.0 Å². The molecule has 1 aromatic heterocycles. The number of hydrogen-bond acceptors (Lipinski definition) is 4. The summed E-state index contributed by atoms with van der Waals surface area (Å²) in [6, 6.07) is 14.1. The molecule has 0 atom stereocenters. The van der Waals surface area contributed by atoms with Crippen LogP contribution in [0, 0.1) is 0 Å². The molecule has 1 N–H and O–H groups in total. The quantitative estimate of drug-likeness (QED) is 0.731. The van der Waals surface area contributed by atoms with Gasteiger partial charge < -0.3 is 10.1 Å². The zero-order valence-corrected chi connectivity index (χ0v) is 14.8. The molecule has 0 bridgehead atoms. The van der Waals surface area contributed by atoms with E-state index in [-0.39, 0.29) is 5.41 Å². The average Bonchev–Trinajstić information content (AvgIpc) is 2.61. The van der Waals surface area contributed by atoms with Crippen LogP contribution in [0.4, 0.5) is 5.82 Å². The summed E-state index contributed by atoms with van der Waals surface area (Å²) in [5, 5.41) is 4.79. The van der Waals surface area contributed by atoms with Crippen molar-refractivity contribution in [1.82, 2.24) is 9.97 Å². The van der Waals surface area contributed by atoms with E-state index in [0.717, 1.165) is 23.3 Å². The van der Waals surface area contributed by atoms with Crippen LogP contribution in [0.15, 0.2) is 48.8 Å². The monoisotopic (exact) mass is 341 g/mol. The first-order valence-corrected chi connectivity index (χ1v) is 8.17. The first-order valence-electron chi connectivity index (χ1n) is 7.79. The normalized spacial score (nSPS) is 11.5. The highest BCUT2D eigenvalue weighted by molar-refractivity contribution is 6.33. The number of rotatable bonds is 5. The number of hydrogen-bond donors (Lipinski definition) is 1. The molecule has 5 heteroatoms. The number of nitrogens with one attached hydrogen (secondary N) is 1. The van der Waals surface area contributed by atoms with Crippen LogP contribution in [0.1, 0.15) is 19.4 Å². The zero-order valence-electron chi connectivity index (χ0n) is 14.0. The second kappa shape index (κ2) is 6.65. The lowest BCUT2D eigenvalue weighted by Gasteiger charge is -2.26. The van der Waals surface area contributed by atoms with Gasteiger partial charge in [0, 0.05) is 12.0 Å². The van der Waals surface area contributed by atoms with E-state index in [9.17, 15) is 0 Å². The maximum atomic E-state index is 6.25. The van der Waals surface area contributed by atoms with Gasteiger partial charge in [0.05, 0.1) is 23.0 Å². The van der Waals surface area contributed by atoms with Crippen LogP contribution in [0.5, 0.6) is 5.75 Å². The minimum atomic E-state index is -0.0512. The van der Waals surface area contributed by atoms with Crippen molar-refractivity contribution in [2.75, 3.05) is 19.0 Å². The highest BCUT2D eigenvalue weighted by atomic mass is 35.5. The van der Waals surface area contributed by atoms with Gasteiger partial charge in [-0.3, -0.25) is 0 Å². The number of benzene rings is 2.